The van der Waals surface area contributed by atoms with Crippen molar-refractivity contribution < 1.29 is 0 Å². The minimum absolute atomic E-state index is 0.722. The van der Waals surface area contributed by atoms with Gasteiger partial charge in [0.2, 0.25) is 0 Å². The second-order valence-electron chi connectivity index (χ2n) is 6.85. The van der Waals surface area contributed by atoms with Crippen LogP contribution in [-0.4, -0.2) is 73.6 Å². The van der Waals surface area contributed by atoms with Crippen molar-refractivity contribution in [2.75, 3.05) is 58.9 Å². The van der Waals surface area contributed by atoms with Crippen molar-refractivity contribution in [3.8, 4) is 0 Å². The van der Waals surface area contributed by atoms with Crippen molar-refractivity contribution in [2.45, 2.75) is 26.7 Å². The van der Waals surface area contributed by atoms with Gasteiger partial charge < -0.3 is 14.7 Å². The van der Waals surface area contributed by atoms with Crippen molar-refractivity contribution >= 4 is 0 Å². The van der Waals surface area contributed by atoms with Crippen molar-refractivity contribution in [1.29, 1.82) is 0 Å². The maximum atomic E-state index is 2.72. The first kappa shape index (κ1) is 12.9. The summed E-state index contributed by atoms with van der Waals surface area (Å²) in [4.78, 5) is 7.90. The number of piperidine rings is 1. The van der Waals surface area contributed by atoms with E-state index in [0.717, 1.165) is 11.3 Å². The molecule has 3 rings (SSSR count). The molecule has 3 heterocycles. The van der Waals surface area contributed by atoms with Gasteiger partial charge in [0, 0.05) is 38.1 Å². The maximum absolute atomic E-state index is 2.72. The summed E-state index contributed by atoms with van der Waals surface area (Å²) in [6.45, 7) is 16.6. The third-order valence-corrected chi connectivity index (χ3v) is 5.35. The summed E-state index contributed by atoms with van der Waals surface area (Å²) in [5.74, 6) is 0.979. The Hall–Kier alpha value is -0.120. The van der Waals surface area contributed by atoms with E-state index in [2.05, 4.69) is 28.5 Å². The number of hydrogen-bond donors (Lipinski definition) is 0. The molecule has 0 radical (unpaired) electrons. The predicted octanol–water partition coefficient (Wildman–Crippen LogP) is 1.36. The van der Waals surface area contributed by atoms with Gasteiger partial charge in [0.15, 0.2) is 0 Å². The van der Waals surface area contributed by atoms with Gasteiger partial charge in [-0.05, 0) is 44.9 Å². The van der Waals surface area contributed by atoms with Crippen molar-refractivity contribution in [3.05, 3.63) is 0 Å². The summed E-state index contributed by atoms with van der Waals surface area (Å²) in [5.41, 5.74) is 0.722. The van der Waals surface area contributed by atoms with Gasteiger partial charge in [0.05, 0.1) is 0 Å². The zero-order chi connectivity index (χ0) is 12.6. The van der Waals surface area contributed by atoms with Crippen LogP contribution in [0.1, 0.15) is 26.7 Å². The van der Waals surface area contributed by atoms with E-state index in [4.69, 9.17) is 0 Å². The summed E-state index contributed by atoms with van der Waals surface area (Å²) in [5, 5.41) is 0. The molecular weight excluding hydrogens is 222 g/mol. The molecule has 0 atom stereocenters. The quantitative estimate of drug-likeness (QED) is 0.747. The SMILES string of the molecule is CCN1CCC(CN2CC3(CN(CC)C3)C2)CC1. The van der Waals surface area contributed by atoms with E-state index in [9.17, 15) is 0 Å². The minimum atomic E-state index is 0.722. The Bertz CT molecular complexity index is 269. The highest BCUT2D eigenvalue weighted by atomic mass is 15.3. The van der Waals surface area contributed by atoms with Gasteiger partial charge in [0.1, 0.15) is 0 Å². The largest absolute Gasteiger partial charge is 0.304 e. The highest BCUT2D eigenvalue weighted by Gasteiger charge is 2.50. The fraction of sp³-hybridized carbons (Fsp3) is 1.00. The lowest BCUT2D eigenvalue weighted by Gasteiger charge is -2.61. The molecule has 3 saturated heterocycles. The molecule has 3 heteroatoms. The Labute approximate surface area is 112 Å². The molecular formula is C15H29N3. The molecule has 0 aromatic rings. The molecule has 0 aromatic heterocycles. The second-order valence-corrected chi connectivity index (χ2v) is 6.85. The van der Waals surface area contributed by atoms with Crippen LogP contribution in [-0.2, 0) is 0 Å². The number of rotatable bonds is 4. The molecule has 104 valence electrons. The second kappa shape index (κ2) is 5.10. The Morgan fingerprint density at radius 1 is 0.833 bits per heavy atom. The fourth-order valence-electron chi connectivity index (χ4n) is 4.21. The lowest BCUT2D eigenvalue weighted by molar-refractivity contribution is -0.118. The molecule has 0 amide bonds. The van der Waals surface area contributed by atoms with Crippen LogP contribution in [0.3, 0.4) is 0 Å². The number of nitrogens with zero attached hydrogens (tertiary/aromatic N) is 3. The monoisotopic (exact) mass is 251 g/mol. The van der Waals surface area contributed by atoms with Gasteiger partial charge >= 0.3 is 0 Å². The van der Waals surface area contributed by atoms with Gasteiger partial charge in [-0.2, -0.15) is 0 Å². The molecule has 3 aliphatic rings. The van der Waals surface area contributed by atoms with E-state index in [-0.39, 0.29) is 0 Å². The van der Waals surface area contributed by atoms with Crippen LogP contribution >= 0.6 is 0 Å². The Kier molecular flexibility index (Phi) is 3.65. The third-order valence-electron chi connectivity index (χ3n) is 5.35. The van der Waals surface area contributed by atoms with Crippen molar-refractivity contribution in [2.24, 2.45) is 11.3 Å². The standard InChI is InChI=1S/C15H29N3/c1-3-16-7-5-14(6-8-16)9-18-12-15(13-18)10-17(4-2)11-15/h14H,3-13H2,1-2H3. The highest BCUT2D eigenvalue weighted by molar-refractivity contribution is 5.05. The van der Waals surface area contributed by atoms with Gasteiger partial charge in [0.25, 0.3) is 0 Å². The van der Waals surface area contributed by atoms with Crippen LogP contribution in [0, 0.1) is 11.3 Å². The summed E-state index contributed by atoms with van der Waals surface area (Å²) in [7, 11) is 0. The molecule has 0 unspecified atom stereocenters. The average Bonchev–Trinajstić information content (AvgIpc) is 2.31. The lowest BCUT2D eigenvalue weighted by atomic mass is 9.72. The van der Waals surface area contributed by atoms with Gasteiger partial charge in [-0.15, -0.1) is 0 Å². The third kappa shape index (κ3) is 2.45. The number of likely N-dealkylation sites (tertiary alicyclic amines) is 3. The normalized spacial score (nSPS) is 30.3. The first-order chi connectivity index (χ1) is 8.73. The summed E-state index contributed by atoms with van der Waals surface area (Å²) < 4.78 is 0. The van der Waals surface area contributed by atoms with Crippen LogP contribution in [0.5, 0.6) is 0 Å². The van der Waals surface area contributed by atoms with Crippen molar-refractivity contribution in [1.82, 2.24) is 14.7 Å². The molecule has 0 N–H and O–H groups in total. The Balaban J connectivity index is 1.34. The molecule has 0 bridgehead atoms. The molecule has 0 aliphatic carbocycles. The van der Waals surface area contributed by atoms with Gasteiger partial charge in [-0.1, -0.05) is 13.8 Å². The van der Waals surface area contributed by atoms with E-state index >= 15 is 0 Å². The van der Waals surface area contributed by atoms with Gasteiger partial charge in [-0.3, -0.25) is 0 Å². The number of hydrogen-bond acceptors (Lipinski definition) is 3. The summed E-state index contributed by atoms with van der Waals surface area (Å²) >= 11 is 0. The van der Waals surface area contributed by atoms with E-state index in [1.165, 1.54) is 71.7 Å². The van der Waals surface area contributed by atoms with Crippen LogP contribution < -0.4 is 0 Å². The first-order valence-corrected chi connectivity index (χ1v) is 7.90. The molecule has 0 aromatic carbocycles. The Morgan fingerprint density at radius 2 is 1.39 bits per heavy atom. The van der Waals surface area contributed by atoms with E-state index < -0.39 is 0 Å². The zero-order valence-corrected chi connectivity index (χ0v) is 12.2. The highest BCUT2D eigenvalue weighted by Crippen LogP contribution is 2.40. The van der Waals surface area contributed by atoms with Crippen LogP contribution in [0.4, 0.5) is 0 Å². The molecule has 3 aliphatic heterocycles. The van der Waals surface area contributed by atoms with Crippen molar-refractivity contribution in [3.63, 3.8) is 0 Å². The predicted molar refractivity (Wildman–Crippen MR) is 75.8 cm³/mol. The molecule has 3 nitrogen and oxygen atoms in total. The molecule has 18 heavy (non-hydrogen) atoms. The lowest BCUT2D eigenvalue weighted by Crippen LogP contribution is -2.72. The summed E-state index contributed by atoms with van der Waals surface area (Å²) in [6, 6.07) is 0. The molecule has 0 saturated carbocycles. The van der Waals surface area contributed by atoms with Crippen LogP contribution in [0.15, 0.2) is 0 Å². The van der Waals surface area contributed by atoms with E-state index in [1.807, 2.05) is 0 Å². The fourth-order valence-corrected chi connectivity index (χ4v) is 4.21. The van der Waals surface area contributed by atoms with Crippen LogP contribution in [0.25, 0.3) is 0 Å². The van der Waals surface area contributed by atoms with E-state index in [0.29, 0.717) is 0 Å². The topological polar surface area (TPSA) is 9.72 Å². The van der Waals surface area contributed by atoms with E-state index in [1.54, 1.807) is 0 Å². The van der Waals surface area contributed by atoms with Gasteiger partial charge in [-0.25, -0.2) is 0 Å². The maximum Gasteiger partial charge on any atom is 0.0212 e. The summed E-state index contributed by atoms with van der Waals surface area (Å²) in [6.07, 6.45) is 2.86. The van der Waals surface area contributed by atoms with Crippen LogP contribution in [0.2, 0.25) is 0 Å². The molecule has 3 fully saturated rings. The molecule has 1 spiro atoms. The first-order valence-electron chi connectivity index (χ1n) is 7.90. The zero-order valence-electron chi connectivity index (χ0n) is 12.2. The average molecular weight is 251 g/mol. The minimum Gasteiger partial charge on any atom is -0.304 e. The smallest absolute Gasteiger partial charge is 0.0212 e. The Morgan fingerprint density at radius 3 is 1.94 bits per heavy atom.